The van der Waals surface area contributed by atoms with Gasteiger partial charge in [-0.1, -0.05) is 30.3 Å². The molecular weight excluding hydrogens is 304 g/mol. The molecule has 0 unspecified atom stereocenters. The van der Waals surface area contributed by atoms with Gasteiger partial charge in [-0.2, -0.15) is 0 Å². The normalized spacial score (nSPS) is 14.0. The van der Waals surface area contributed by atoms with E-state index in [1.807, 2.05) is 18.2 Å². The smallest absolute Gasteiger partial charge is 0.328 e. The molecule has 23 heavy (non-hydrogen) atoms. The predicted octanol–water partition coefficient (Wildman–Crippen LogP) is 0.574. The van der Waals surface area contributed by atoms with Crippen LogP contribution in [0.5, 0.6) is 0 Å². The first kappa shape index (κ1) is 16.6. The van der Waals surface area contributed by atoms with Crippen LogP contribution >= 0.6 is 0 Å². The van der Waals surface area contributed by atoms with Crippen molar-refractivity contribution in [3.05, 3.63) is 35.9 Å². The summed E-state index contributed by atoms with van der Waals surface area (Å²) in [6.07, 6.45) is 0.0140. The van der Waals surface area contributed by atoms with Gasteiger partial charge in [-0.3, -0.25) is 19.2 Å². The van der Waals surface area contributed by atoms with Crippen molar-refractivity contribution in [2.24, 2.45) is 0 Å². The maximum Gasteiger partial charge on any atom is 0.355 e. The molecule has 0 bridgehead atoms. The van der Waals surface area contributed by atoms with Crippen molar-refractivity contribution in [2.75, 3.05) is 6.54 Å². The molecule has 1 aliphatic heterocycles. The summed E-state index contributed by atoms with van der Waals surface area (Å²) in [6, 6.07) is 9.08. The summed E-state index contributed by atoms with van der Waals surface area (Å²) in [6.45, 7) is 0.791. The minimum absolute atomic E-state index is 0.00699. The molecule has 8 heteroatoms. The molecule has 0 radical (unpaired) electrons. The molecule has 0 N–H and O–H groups in total. The second-order valence-electron chi connectivity index (χ2n) is 4.86. The van der Waals surface area contributed by atoms with Crippen molar-refractivity contribution < 1.29 is 28.9 Å². The van der Waals surface area contributed by atoms with Crippen LogP contribution in [0.15, 0.2) is 30.3 Å². The fourth-order valence-electron chi connectivity index (χ4n) is 1.88. The Kier molecular flexibility index (Phi) is 5.42. The van der Waals surface area contributed by atoms with Gasteiger partial charge in [0.25, 0.3) is 11.8 Å². The van der Waals surface area contributed by atoms with E-state index in [9.17, 15) is 19.2 Å². The first-order valence-electron chi connectivity index (χ1n) is 6.99. The van der Waals surface area contributed by atoms with Crippen molar-refractivity contribution in [2.45, 2.75) is 26.4 Å². The highest BCUT2D eigenvalue weighted by molar-refractivity contribution is 6.01. The van der Waals surface area contributed by atoms with Crippen LogP contribution < -0.4 is 0 Å². The summed E-state index contributed by atoms with van der Waals surface area (Å²) in [5, 5.41) is 1.25. The van der Waals surface area contributed by atoms with Gasteiger partial charge in [0.05, 0.1) is 0 Å². The van der Waals surface area contributed by atoms with Gasteiger partial charge in [0, 0.05) is 19.8 Å². The molecule has 0 saturated carbocycles. The number of amides is 3. The third-order valence-corrected chi connectivity index (χ3v) is 3.05. The molecule has 1 heterocycles. The van der Waals surface area contributed by atoms with Gasteiger partial charge in [0.15, 0.2) is 0 Å². The Morgan fingerprint density at radius 3 is 2.30 bits per heavy atom. The second-order valence-corrected chi connectivity index (χ2v) is 4.86. The van der Waals surface area contributed by atoms with Gasteiger partial charge >= 0.3 is 5.97 Å². The number of nitrogens with zero attached hydrogens (tertiary/aromatic N) is 2. The summed E-state index contributed by atoms with van der Waals surface area (Å²) in [7, 11) is 0. The van der Waals surface area contributed by atoms with Crippen LogP contribution in [0.25, 0.3) is 0 Å². The van der Waals surface area contributed by atoms with Gasteiger partial charge < -0.3 is 4.84 Å². The van der Waals surface area contributed by atoms with E-state index in [1.54, 1.807) is 12.1 Å². The Bertz CT molecular complexity index is 600. The number of hydroxylamine groups is 4. The number of benzene rings is 1. The van der Waals surface area contributed by atoms with Crippen molar-refractivity contribution in [1.29, 1.82) is 0 Å². The monoisotopic (exact) mass is 320 g/mol. The molecule has 0 aromatic heterocycles. The molecular formula is C15H16N2O6. The Labute approximate surface area is 132 Å². The summed E-state index contributed by atoms with van der Waals surface area (Å²) >= 11 is 0. The van der Waals surface area contributed by atoms with Gasteiger partial charge in [-0.05, 0) is 5.56 Å². The van der Waals surface area contributed by atoms with Crippen LogP contribution in [0.4, 0.5) is 0 Å². The number of imide groups is 1. The standard InChI is InChI=1S/C15H16N2O6/c1-11(18)16(22-10-12-5-3-2-4-6-12)9-15(21)23-17-13(19)7-8-14(17)20/h2-6H,7-10H2,1H3. The zero-order chi connectivity index (χ0) is 16.8. The zero-order valence-electron chi connectivity index (χ0n) is 12.6. The van der Waals surface area contributed by atoms with Gasteiger partial charge in [0.1, 0.15) is 13.2 Å². The number of rotatable bonds is 6. The Balaban J connectivity index is 1.88. The molecule has 1 aromatic carbocycles. The molecule has 0 spiro atoms. The van der Waals surface area contributed by atoms with Crippen LogP contribution in [-0.4, -0.2) is 40.4 Å². The second kappa shape index (κ2) is 7.50. The van der Waals surface area contributed by atoms with E-state index in [1.165, 1.54) is 6.92 Å². The number of carbonyl (C=O) groups is 4. The molecule has 8 nitrogen and oxygen atoms in total. The number of carbonyl (C=O) groups excluding carboxylic acids is 4. The van der Waals surface area contributed by atoms with Crippen molar-refractivity contribution >= 4 is 23.7 Å². The first-order chi connectivity index (χ1) is 11.0. The van der Waals surface area contributed by atoms with Crippen molar-refractivity contribution in [3.63, 3.8) is 0 Å². The Hall–Kier alpha value is -2.74. The lowest BCUT2D eigenvalue weighted by Gasteiger charge is -2.20. The van der Waals surface area contributed by atoms with Crippen molar-refractivity contribution in [1.82, 2.24) is 10.1 Å². The van der Waals surface area contributed by atoms with Gasteiger partial charge in [0.2, 0.25) is 5.91 Å². The van der Waals surface area contributed by atoms with E-state index in [2.05, 4.69) is 4.84 Å². The first-order valence-corrected chi connectivity index (χ1v) is 6.99. The summed E-state index contributed by atoms with van der Waals surface area (Å²) in [4.78, 5) is 56.0. The topological polar surface area (TPSA) is 93.2 Å². The van der Waals surface area contributed by atoms with E-state index in [0.717, 1.165) is 10.6 Å². The maximum atomic E-state index is 11.8. The van der Waals surface area contributed by atoms with Gasteiger partial charge in [-0.15, -0.1) is 5.06 Å². The average Bonchev–Trinajstić information content (AvgIpc) is 2.84. The molecule has 1 saturated heterocycles. The van der Waals surface area contributed by atoms with Crippen LogP contribution in [0.2, 0.25) is 0 Å². The van der Waals surface area contributed by atoms with Crippen LogP contribution in [0, 0.1) is 0 Å². The summed E-state index contributed by atoms with van der Waals surface area (Å²) < 4.78 is 0. The predicted molar refractivity (Wildman–Crippen MR) is 75.8 cm³/mol. The third kappa shape index (κ3) is 4.62. The largest absolute Gasteiger partial charge is 0.355 e. The lowest BCUT2D eigenvalue weighted by Crippen LogP contribution is -2.39. The van der Waals surface area contributed by atoms with Crippen molar-refractivity contribution in [3.8, 4) is 0 Å². The van der Waals surface area contributed by atoms with E-state index in [4.69, 9.17) is 4.84 Å². The van der Waals surface area contributed by atoms with E-state index >= 15 is 0 Å². The minimum atomic E-state index is -0.933. The average molecular weight is 320 g/mol. The van der Waals surface area contributed by atoms with E-state index in [0.29, 0.717) is 5.06 Å². The number of hydrogen-bond acceptors (Lipinski definition) is 6. The SMILES string of the molecule is CC(=O)N(CC(=O)ON1C(=O)CCC1=O)OCc1ccccc1. The quantitative estimate of drug-likeness (QED) is 0.562. The molecule has 0 aliphatic carbocycles. The molecule has 1 aromatic rings. The molecule has 1 fully saturated rings. The summed E-state index contributed by atoms with van der Waals surface area (Å²) in [5.41, 5.74) is 0.817. The molecule has 3 amide bonds. The van der Waals surface area contributed by atoms with Crippen LogP contribution in [0.3, 0.4) is 0 Å². The minimum Gasteiger partial charge on any atom is -0.328 e. The zero-order valence-corrected chi connectivity index (χ0v) is 12.6. The summed E-state index contributed by atoms with van der Waals surface area (Å²) in [5.74, 6) is -2.60. The lowest BCUT2D eigenvalue weighted by molar-refractivity contribution is -0.213. The highest BCUT2D eigenvalue weighted by Crippen LogP contribution is 2.12. The molecule has 122 valence electrons. The van der Waals surface area contributed by atoms with Crippen LogP contribution in [0.1, 0.15) is 25.3 Å². The number of hydrogen-bond donors (Lipinski definition) is 0. The van der Waals surface area contributed by atoms with Gasteiger partial charge in [-0.25, -0.2) is 9.86 Å². The van der Waals surface area contributed by atoms with Crippen LogP contribution in [-0.2, 0) is 35.5 Å². The lowest BCUT2D eigenvalue weighted by atomic mass is 10.2. The molecule has 2 rings (SSSR count). The highest BCUT2D eigenvalue weighted by Gasteiger charge is 2.33. The van der Waals surface area contributed by atoms with E-state index < -0.39 is 30.2 Å². The molecule has 1 aliphatic rings. The Morgan fingerprint density at radius 2 is 1.74 bits per heavy atom. The fraction of sp³-hybridized carbons (Fsp3) is 0.333. The highest BCUT2D eigenvalue weighted by atomic mass is 16.7. The Morgan fingerprint density at radius 1 is 1.13 bits per heavy atom. The maximum absolute atomic E-state index is 11.8. The fourth-order valence-corrected chi connectivity index (χ4v) is 1.88. The van der Waals surface area contributed by atoms with E-state index in [-0.39, 0.29) is 19.4 Å². The molecule has 0 atom stereocenters. The third-order valence-electron chi connectivity index (χ3n) is 3.05.